The van der Waals surface area contributed by atoms with E-state index in [2.05, 4.69) is 0 Å². The molecule has 0 bridgehead atoms. The molecule has 6 amide bonds. The third-order valence-electron chi connectivity index (χ3n) is 14.4. The minimum Gasteiger partial charge on any atom is -0.480 e. The second kappa shape index (κ2) is 18.9. The normalized spacial score (nSPS) is 19.6. The van der Waals surface area contributed by atoms with E-state index in [-0.39, 0.29) is 46.7 Å². The number of carbonyl (C=O) groups is 6. The van der Waals surface area contributed by atoms with Crippen molar-refractivity contribution in [2.75, 3.05) is 0 Å². The Balaban J connectivity index is 0.977. The van der Waals surface area contributed by atoms with Gasteiger partial charge >= 0.3 is 12.2 Å². The molecule has 370 valence electrons. The summed E-state index contributed by atoms with van der Waals surface area (Å²) in [7, 11) is 0. The Bertz CT molecular complexity index is 3260. The lowest BCUT2D eigenvalue weighted by Crippen LogP contribution is -2.46. The van der Waals surface area contributed by atoms with Crippen LogP contribution in [0.15, 0.2) is 106 Å². The fourth-order valence-electron chi connectivity index (χ4n) is 10.6. The summed E-state index contributed by atoms with van der Waals surface area (Å²) in [5.41, 5.74) is 1.87. The van der Waals surface area contributed by atoms with Crippen molar-refractivity contribution in [3.63, 3.8) is 0 Å². The number of aromatic nitrogens is 2. The Morgan fingerprint density at radius 1 is 0.608 bits per heavy atom. The maximum Gasteiger partial charge on any atom is 0.424 e. The third kappa shape index (κ3) is 8.11. The number of amides is 6. The van der Waals surface area contributed by atoms with Crippen LogP contribution in [0.25, 0.3) is 33.0 Å². The number of carbonyl (C=O) groups excluding carboxylic acids is 6. The van der Waals surface area contributed by atoms with E-state index in [0.29, 0.717) is 79.5 Å². The first-order valence-corrected chi connectivity index (χ1v) is 25.9. The maximum absolute atomic E-state index is 14.2. The number of benzene rings is 3. The van der Waals surface area contributed by atoms with E-state index in [1.54, 1.807) is 60.7 Å². The van der Waals surface area contributed by atoms with Gasteiger partial charge in [0.15, 0.2) is 11.2 Å². The highest BCUT2D eigenvalue weighted by Crippen LogP contribution is 2.59. The molecule has 2 saturated carbocycles. The zero-order valence-corrected chi connectivity index (χ0v) is 41.8. The van der Waals surface area contributed by atoms with Crippen molar-refractivity contribution in [2.24, 2.45) is 0 Å². The third-order valence-corrected chi connectivity index (χ3v) is 16.5. The first kappa shape index (κ1) is 48.0. The fourth-order valence-corrected chi connectivity index (χ4v) is 12.9. The van der Waals surface area contributed by atoms with Crippen LogP contribution in [0.3, 0.4) is 0 Å². The van der Waals surface area contributed by atoms with Crippen LogP contribution < -0.4 is 9.47 Å². The van der Waals surface area contributed by atoms with Gasteiger partial charge in [0, 0.05) is 22.3 Å². The molecule has 4 aliphatic heterocycles. The number of ether oxygens (including phenoxy) is 4. The molecule has 3 aromatic carbocycles. The molecule has 6 heterocycles. The highest BCUT2D eigenvalue weighted by Gasteiger charge is 2.49. The first-order chi connectivity index (χ1) is 35.8. The van der Waals surface area contributed by atoms with Crippen molar-refractivity contribution in [3.8, 4) is 44.5 Å². The molecule has 0 saturated heterocycles. The summed E-state index contributed by atoms with van der Waals surface area (Å²) in [6, 6.07) is 25.3. The Labute approximate surface area is 432 Å². The van der Waals surface area contributed by atoms with Gasteiger partial charge < -0.3 is 18.9 Å². The number of rotatable bonds is 6. The number of imide groups is 6. The van der Waals surface area contributed by atoms with Gasteiger partial charge in [-0.25, -0.2) is 19.6 Å². The van der Waals surface area contributed by atoms with E-state index in [4.69, 9.17) is 28.9 Å². The number of nitrogens with zero attached hydrogens (tertiary/aromatic N) is 6. The van der Waals surface area contributed by atoms with Gasteiger partial charge in [-0.3, -0.25) is 19.2 Å². The van der Waals surface area contributed by atoms with Gasteiger partial charge in [-0.2, -0.15) is 20.3 Å². The molecule has 2 aliphatic carbocycles. The quantitative estimate of drug-likeness (QED) is 0.114. The molecule has 2 aromatic heterocycles. The highest BCUT2D eigenvalue weighted by molar-refractivity contribution is 7.16. The SMILES string of the molecule is CC1=C(C#N)C(=O)N(C(=O)OCc2ccccc2)C(=O)/C1=C/c1nc2c(s1)-c1cc3c(cc1OC21CCCCC1)-c1sc(/C=C2/C(=O)N(C(=O)OCc4ccccc4)C(=O)C(C#N)=C2C)nc1C1(CCCCC1)O3. The van der Waals surface area contributed by atoms with E-state index in [1.165, 1.54) is 48.7 Å². The van der Waals surface area contributed by atoms with Crippen molar-refractivity contribution in [1.82, 2.24) is 19.8 Å². The molecule has 0 unspecified atom stereocenters. The summed E-state index contributed by atoms with van der Waals surface area (Å²) in [5.74, 6) is -2.84. The Morgan fingerprint density at radius 3 is 1.35 bits per heavy atom. The smallest absolute Gasteiger partial charge is 0.424 e. The monoisotopic (exact) mass is 1020 g/mol. The van der Waals surface area contributed by atoms with Crippen molar-refractivity contribution in [1.29, 1.82) is 10.5 Å². The summed E-state index contributed by atoms with van der Waals surface area (Å²) in [4.78, 5) is 94.7. The van der Waals surface area contributed by atoms with E-state index < -0.39 is 47.0 Å². The standard InChI is InChI=1S/C56H44N6O10S2/c1-31-35(49(63)61(51(65)39(31)27-57)53(67)69-29-33-15-7-3-8-16-33)25-43-59-47-45(73-43)37-23-42-38(24-41(37)71-55(47)19-11-5-12-20-55)46-48(56(72-42)21-13-6-14-22-56)60-44(74-46)26-36-32(2)40(28-58)52(66)62(50(36)64)54(68)70-30-34-17-9-4-10-18-34/h3-4,7-10,15-18,23-26H,5-6,11-14,19-22,29-30H2,1-2H3/b35-25+,36-26+. The van der Waals surface area contributed by atoms with Crippen LogP contribution in [0.2, 0.25) is 0 Å². The molecule has 18 heteroatoms. The van der Waals surface area contributed by atoms with Crippen LogP contribution in [-0.4, -0.2) is 55.6 Å². The van der Waals surface area contributed by atoms with Crippen LogP contribution in [0, 0.1) is 22.7 Å². The predicted octanol–water partition coefficient (Wildman–Crippen LogP) is 10.9. The van der Waals surface area contributed by atoms with Crippen LogP contribution in [-0.2, 0) is 53.1 Å². The van der Waals surface area contributed by atoms with Gasteiger partial charge in [0.05, 0.1) is 9.75 Å². The van der Waals surface area contributed by atoms with Gasteiger partial charge in [-0.1, -0.05) is 73.5 Å². The Kier molecular flexibility index (Phi) is 12.3. The highest BCUT2D eigenvalue weighted by atomic mass is 32.1. The minimum atomic E-state index is -1.20. The van der Waals surface area contributed by atoms with Gasteiger partial charge in [-0.05, 0) is 112 Å². The summed E-state index contributed by atoms with van der Waals surface area (Å²) in [6.45, 7) is 2.60. The lowest BCUT2D eigenvalue weighted by Gasteiger charge is -2.43. The van der Waals surface area contributed by atoms with E-state index >= 15 is 0 Å². The molecule has 11 rings (SSSR count). The average molecular weight is 1030 g/mol. The van der Waals surface area contributed by atoms with Crippen LogP contribution in [0.1, 0.15) is 111 Å². The van der Waals surface area contributed by atoms with Crippen LogP contribution in [0.4, 0.5) is 9.59 Å². The molecule has 6 aliphatic rings. The largest absolute Gasteiger partial charge is 0.480 e. The fraction of sp³-hybridized carbons (Fsp3) is 0.286. The summed E-state index contributed by atoms with van der Waals surface area (Å²) >= 11 is 2.65. The maximum atomic E-state index is 14.2. The molecule has 0 atom stereocenters. The van der Waals surface area contributed by atoms with E-state index in [9.17, 15) is 39.3 Å². The Hall–Kier alpha value is -8.32. The number of hydrogen-bond acceptors (Lipinski definition) is 16. The molecular weight excluding hydrogens is 981 g/mol. The van der Waals surface area contributed by atoms with Gasteiger partial charge in [-0.15, -0.1) is 22.7 Å². The van der Waals surface area contributed by atoms with Gasteiger partial charge in [0.25, 0.3) is 23.6 Å². The van der Waals surface area contributed by atoms with Crippen LogP contribution >= 0.6 is 22.7 Å². The molecular formula is C56H44N6O10S2. The second-order valence-electron chi connectivity index (χ2n) is 18.9. The second-order valence-corrected chi connectivity index (χ2v) is 21.0. The number of thiazole rings is 2. The molecule has 0 N–H and O–H groups in total. The van der Waals surface area contributed by atoms with Crippen LogP contribution in [0.5, 0.6) is 11.5 Å². The summed E-state index contributed by atoms with van der Waals surface area (Å²) in [5, 5.41) is 21.0. The number of nitriles is 2. The zero-order valence-electron chi connectivity index (χ0n) is 40.2. The molecule has 0 radical (unpaired) electrons. The van der Waals surface area contributed by atoms with Crippen molar-refractivity contribution < 1.29 is 47.7 Å². The molecule has 5 aromatic rings. The predicted molar refractivity (Wildman–Crippen MR) is 269 cm³/mol. The van der Waals surface area contributed by atoms with E-state index in [1.807, 2.05) is 24.3 Å². The van der Waals surface area contributed by atoms with Gasteiger partial charge in [0.2, 0.25) is 0 Å². The molecule has 2 fully saturated rings. The molecule has 16 nitrogen and oxygen atoms in total. The molecule has 2 spiro atoms. The first-order valence-electron chi connectivity index (χ1n) is 24.3. The summed E-state index contributed by atoms with van der Waals surface area (Å²) < 4.78 is 25.0. The minimum absolute atomic E-state index is 0.0500. The van der Waals surface area contributed by atoms with Crippen molar-refractivity contribution in [2.45, 2.75) is 102 Å². The van der Waals surface area contributed by atoms with Crippen molar-refractivity contribution in [3.05, 3.63) is 139 Å². The van der Waals surface area contributed by atoms with Crippen molar-refractivity contribution >= 4 is 70.6 Å². The topological polar surface area (TPSA) is 219 Å². The lowest BCUT2D eigenvalue weighted by molar-refractivity contribution is -0.140. The van der Waals surface area contributed by atoms with E-state index in [0.717, 1.165) is 59.4 Å². The number of hydrogen-bond donors (Lipinski definition) is 0. The zero-order chi connectivity index (χ0) is 51.5. The summed E-state index contributed by atoms with van der Waals surface area (Å²) in [6.07, 6.45) is 8.78. The Morgan fingerprint density at radius 2 is 0.986 bits per heavy atom. The van der Waals surface area contributed by atoms with Gasteiger partial charge in [0.1, 0.15) is 69.4 Å². The number of fused-ring (bicyclic) bond motifs is 8. The molecule has 74 heavy (non-hydrogen) atoms. The lowest BCUT2D eigenvalue weighted by atomic mass is 9.78. The average Bonchev–Trinajstić information content (AvgIpc) is 4.06.